The molecule has 0 aromatic heterocycles. The molecule has 0 saturated heterocycles. The monoisotopic (exact) mass is 201 g/mol. The van der Waals surface area contributed by atoms with Gasteiger partial charge in [0.1, 0.15) is 0 Å². The average molecular weight is 201 g/mol. The van der Waals surface area contributed by atoms with E-state index in [2.05, 4.69) is 25.8 Å². The minimum absolute atomic E-state index is 0.954. The lowest BCUT2D eigenvalue weighted by molar-refractivity contribution is 0.492. The van der Waals surface area contributed by atoms with Crippen molar-refractivity contribution in [1.29, 1.82) is 0 Å². The van der Waals surface area contributed by atoms with Gasteiger partial charge in [-0.1, -0.05) is 46.5 Å². The molecule has 0 amide bonds. The van der Waals surface area contributed by atoms with E-state index in [4.69, 9.17) is 0 Å². The number of rotatable bonds is 4. The zero-order valence-electron chi connectivity index (χ0n) is 9.25. The fourth-order valence-corrected chi connectivity index (χ4v) is 1.55. The van der Waals surface area contributed by atoms with Gasteiger partial charge in [-0.2, -0.15) is 0 Å². The average Bonchev–Trinajstić information content (AvgIpc) is 2.72. The van der Waals surface area contributed by atoms with E-state index in [9.17, 15) is 0 Å². The molecule has 78 valence electrons. The first-order chi connectivity index (χ1) is 6.31. The zero-order chi connectivity index (χ0) is 9.94. The molecule has 0 bridgehead atoms. The molecule has 0 radical (unpaired) electrons. The first-order valence-electron chi connectivity index (χ1n) is 5.41. The number of thioether (sulfide) groups is 1. The van der Waals surface area contributed by atoms with Gasteiger partial charge < -0.3 is 0 Å². The van der Waals surface area contributed by atoms with Gasteiger partial charge in [0.15, 0.2) is 0 Å². The van der Waals surface area contributed by atoms with Crippen LogP contribution >= 0.6 is 11.8 Å². The van der Waals surface area contributed by atoms with Gasteiger partial charge in [0.25, 0.3) is 0 Å². The van der Waals surface area contributed by atoms with Crippen LogP contribution in [0.3, 0.4) is 0 Å². The quantitative estimate of drug-likeness (QED) is 0.670. The lowest BCUT2D eigenvalue weighted by atomic mass is 10.0. The minimum Gasteiger partial charge on any atom is -0.285 e. The molecule has 0 aromatic rings. The molecule has 1 nitrogen and oxygen atoms in total. The predicted octanol–water partition coefficient (Wildman–Crippen LogP) is 3.98. The van der Waals surface area contributed by atoms with E-state index in [0.717, 1.165) is 12.5 Å². The molecule has 1 aliphatic heterocycles. The highest BCUT2D eigenvalue weighted by Crippen LogP contribution is 2.09. The number of nitrogens with zero attached hydrogens (tertiary/aromatic N) is 1. The Morgan fingerprint density at radius 2 is 2.23 bits per heavy atom. The third-order valence-electron chi connectivity index (χ3n) is 2.23. The van der Waals surface area contributed by atoms with Gasteiger partial charge in [0.05, 0.1) is 5.55 Å². The molecule has 1 heterocycles. The van der Waals surface area contributed by atoms with E-state index < -0.39 is 0 Å². The topological polar surface area (TPSA) is 12.4 Å². The van der Waals surface area contributed by atoms with Crippen molar-refractivity contribution in [2.45, 2.75) is 46.5 Å². The van der Waals surface area contributed by atoms with Crippen molar-refractivity contribution in [3.63, 3.8) is 0 Å². The highest BCUT2D eigenvalue weighted by atomic mass is 32.2. The molecule has 1 atom stereocenters. The maximum Gasteiger partial charge on any atom is 0.0542 e. The molecule has 0 spiro atoms. The number of aliphatic imine (C=N–C) groups is 1. The molecular formula is C11H23NS. The third-order valence-corrected chi connectivity index (χ3v) is 2.95. The number of hydrogen-bond acceptors (Lipinski definition) is 2. The maximum atomic E-state index is 3.92. The fraction of sp³-hybridized carbons (Fsp3) is 0.909. The van der Waals surface area contributed by atoms with Crippen LogP contribution < -0.4 is 0 Å². The highest BCUT2D eigenvalue weighted by molar-refractivity contribution is 8.12. The van der Waals surface area contributed by atoms with E-state index in [0.29, 0.717) is 0 Å². The maximum absolute atomic E-state index is 3.92. The Balaban J connectivity index is 0.000000243. The van der Waals surface area contributed by atoms with Crippen LogP contribution in [0.5, 0.6) is 0 Å². The fourth-order valence-electron chi connectivity index (χ4n) is 1.02. The van der Waals surface area contributed by atoms with Crippen molar-refractivity contribution < 1.29 is 0 Å². The summed E-state index contributed by atoms with van der Waals surface area (Å²) in [5.41, 5.74) is 1.90. The van der Waals surface area contributed by atoms with Crippen molar-refractivity contribution >= 4 is 17.3 Å². The summed E-state index contributed by atoms with van der Waals surface area (Å²) < 4.78 is 0. The van der Waals surface area contributed by atoms with Crippen molar-refractivity contribution in [3.8, 4) is 0 Å². The summed E-state index contributed by atoms with van der Waals surface area (Å²) in [4.78, 5) is 3.92. The summed E-state index contributed by atoms with van der Waals surface area (Å²) in [6.45, 7) is 7.88. The molecule has 1 rings (SSSR count). The molecule has 0 N–H and O–H groups in total. The van der Waals surface area contributed by atoms with E-state index >= 15 is 0 Å². The van der Waals surface area contributed by atoms with Crippen molar-refractivity contribution in [1.82, 2.24) is 0 Å². The van der Waals surface area contributed by atoms with Gasteiger partial charge in [0.2, 0.25) is 0 Å². The summed E-state index contributed by atoms with van der Waals surface area (Å²) in [6, 6.07) is 0. The summed E-state index contributed by atoms with van der Waals surface area (Å²) in [5, 5.41) is 0. The Labute approximate surface area is 87.4 Å². The summed E-state index contributed by atoms with van der Waals surface area (Å²) in [7, 11) is 0. The van der Waals surface area contributed by atoms with Crippen LogP contribution in [-0.2, 0) is 0 Å². The predicted molar refractivity (Wildman–Crippen MR) is 64.8 cm³/mol. The summed E-state index contributed by atoms with van der Waals surface area (Å²) >= 11 is 1.78. The van der Waals surface area contributed by atoms with Crippen LogP contribution in [0.15, 0.2) is 4.99 Å². The Morgan fingerprint density at radius 1 is 1.46 bits per heavy atom. The highest BCUT2D eigenvalue weighted by Gasteiger charge is 1.94. The van der Waals surface area contributed by atoms with Crippen LogP contribution in [0, 0.1) is 5.92 Å². The van der Waals surface area contributed by atoms with Crippen LogP contribution in [-0.4, -0.2) is 17.8 Å². The molecule has 0 aliphatic carbocycles. The van der Waals surface area contributed by atoms with Crippen molar-refractivity contribution in [2.75, 3.05) is 12.3 Å². The molecule has 1 unspecified atom stereocenters. The molecule has 1 aliphatic rings. The Morgan fingerprint density at radius 3 is 2.54 bits per heavy atom. The van der Waals surface area contributed by atoms with E-state index in [-0.39, 0.29) is 0 Å². The van der Waals surface area contributed by atoms with Crippen LogP contribution in [0.1, 0.15) is 46.5 Å². The lowest BCUT2D eigenvalue weighted by Crippen LogP contribution is -1.89. The largest absolute Gasteiger partial charge is 0.285 e. The van der Waals surface area contributed by atoms with Gasteiger partial charge in [-0.3, -0.25) is 4.99 Å². The van der Waals surface area contributed by atoms with E-state index in [1.54, 1.807) is 11.8 Å². The Bertz CT molecular complexity index is 117. The summed E-state index contributed by atoms with van der Waals surface area (Å²) in [5.74, 6) is 2.15. The van der Waals surface area contributed by atoms with Crippen LogP contribution in [0.4, 0.5) is 0 Å². The molecular weight excluding hydrogens is 178 g/mol. The van der Waals surface area contributed by atoms with E-state index in [1.165, 1.54) is 31.4 Å². The molecule has 0 fully saturated rings. The SMILES string of the molecule is C1=NCCS1.CCCCC(C)CC. The van der Waals surface area contributed by atoms with Crippen molar-refractivity contribution in [2.24, 2.45) is 10.9 Å². The van der Waals surface area contributed by atoms with Crippen LogP contribution in [0.25, 0.3) is 0 Å². The first kappa shape index (κ1) is 13.0. The van der Waals surface area contributed by atoms with Crippen molar-refractivity contribution in [3.05, 3.63) is 0 Å². The molecule has 0 saturated carbocycles. The second-order valence-corrected chi connectivity index (χ2v) is 4.49. The van der Waals surface area contributed by atoms with E-state index in [1.807, 2.05) is 5.55 Å². The molecule has 2 heteroatoms. The van der Waals surface area contributed by atoms with Crippen LogP contribution in [0.2, 0.25) is 0 Å². The van der Waals surface area contributed by atoms with Gasteiger partial charge in [-0.25, -0.2) is 0 Å². The molecule has 13 heavy (non-hydrogen) atoms. The minimum atomic E-state index is 0.954. The summed E-state index contributed by atoms with van der Waals surface area (Å²) in [6.07, 6.45) is 5.53. The Kier molecular flexibility index (Phi) is 10.1. The number of hydrogen-bond donors (Lipinski definition) is 0. The lowest BCUT2D eigenvalue weighted by Gasteiger charge is -2.04. The number of unbranched alkanes of at least 4 members (excludes halogenated alkanes) is 1. The zero-order valence-corrected chi connectivity index (χ0v) is 10.1. The second kappa shape index (κ2) is 10.1. The van der Waals surface area contributed by atoms with Gasteiger partial charge in [-0.15, -0.1) is 11.8 Å². The first-order valence-corrected chi connectivity index (χ1v) is 6.46. The second-order valence-electron chi connectivity index (χ2n) is 3.54. The molecule has 0 aromatic carbocycles. The van der Waals surface area contributed by atoms with Gasteiger partial charge >= 0.3 is 0 Å². The van der Waals surface area contributed by atoms with Gasteiger partial charge in [-0.05, 0) is 5.92 Å². The third kappa shape index (κ3) is 9.94. The Hall–Kier alpha value is 0.0200. The standard InChI is InChI=1S/C8H18.C3H5NS/c1-4-6-7-8(3)5-2;1-2-5-3-4-1/h8H,4-7H2,1-3H3;3H,1-2H2. The smallest absolute Gasteiger partial charge is 0.0542 e. The van der Waals surface area contributed by atoms with Gasteiger partial charge in [0, 0.05) is 12.3 Å². The normalized spacial score (nSPS) is 16.5.